The Morgan fingerprint density at radius 3 is 2.09 bits per heavy atom. The highest BCUT2D eigenvalue weighted by Crippen LogP contribution is 2.20. The van der Waals surface area contributed by atoms with Gasteiger partial charge in [-0.15, -0.1) is 24.8 Å². The van der Waals surface area contributed by atoms with Crippen LogP contribution in [0.25, 0.3) is 0 Å². The predicted octanol–water partition coefficient (Wildman–Crippen LogP) is 0.804. The average molecular weight is 372 g/mol. The Morgan fingerprint density at radius 2 is 1.64 bits per heavy atom. The van der Waals surface area contributed by atoms with E-state index in [0.717, 1.165) is 19.6 Å². The average Bonchev–Trinajstić information content (AvgIpc) is 2.48. The number of hydrogen-bond acceptors (Lipinski definition) is 5. The molecular weight excluding hydrogens is 349 g/mol. The Kier molecular flexibility index (Phi) is 9.30. The van der Waals surface area contributed by atoms with E-state index < -0.39 is 10.0 Å². The number of sulfonamides is 1. The minimum Gasteiger partial charge on any atom is -0.497 e. The van der Waals surface area contributed by atoms with Gasteiger partial charge < -0.3 is 10.5 Å². The highest BCUT2D eigenvalue weighted by atomic mass is 35.5. The first-order valence-corrected chi connectivity index (χ1v) is 8.08. The van der Waals surface area contributed by atoms with E-state index in [0.29, 0.717) is 30.3 Å². The van der Waals surface area contributed by atoms with E-state index in [2.05, 4.69) is 4.90 Å². The minimum absolute atomic E-state index is 0. The van der Waals surface area contributed by atoms with Crippen molar-refractivity contribution >= 4 is 34.8 Å². The van der Waals surface area contributed by atoms with Gasteiger partial charge in [0.05, 0.1) is 12.0 Å². The monoisotopic (exact) mass is 371 g/mol. The van der Waals surface area contributed by atoms with Gasteiger partial charge in [0.1, 0.15) is 5.75 Å². The van der Waals surface area contributed by atoms with Crippen LogP contribution in [0.3, 0.4) is 0 Å². The van der Waals surface area contributed by atoms with E-state index in [-0.39, 0.29) is 24.8 Å². The van der Waals surface area contributed by atoms with Crippen LogP contribution in [-0.4, -0.2) is 64.0 Å². The molecule has 0 aliphatic carbocycles. The molecule has 128 valence electrons. The molecule has 1 aliphatic heterocycles. The number of nitrogens with zero attached hydrogens (tertiary/aromatic N) is 2. The van der Waals surface area contributed by atoms with E-state index in [1.807, 2.05) is 0 Å². The summed E-state index contributed by atoms with van der Waals surface area (Å²) in [6, 6.07) is 6.50. The number of nitrogens with two attached hydrogens (primary N) is 1. The number of ether oxygens (including phenoxy) is 1. The van der Waals surface area contributed by atoms with Gasteiger partial charge in [-0.05, 0) is 24.3 Å². The molecule has 0 bridgehead atoms. The largest absolute Gasteiger partial charge is 0.497 e. The van der Waals surface area contributed by atoms with E-state index in [4.69, 9.17) is 10.5 Å². The van der Waals surface area contributed by atoms with Crippen molar-refractivity contribution < 1.29 is 13.2 Å². The van der Waals surface area contributed by atoms with Crippen LogP contribution in [0.2, 0.25) is 0 Å². The zero-order chi connectivity index (χ0) is 14.6. The van der Waals surface area contributed by atoms with Crippen molar-refractivity contribution in [3.8, 4) is 5.75 Å². The summed E-state index contributed by atoms with van der Waals surface area (Å²) < 4.78 is 31.6. The van der Waals surface area contributed by atoms with Gasteiger partial charge >= 0.3 is 0 Å². The number of piperazine rings is 1. The first-order valence-electron chi connectivity index (χ1n) is 6.64. The molecule has 0 aromatic heterocycles. The van der Waals surface area contributed by atoms with Gasteiger partial charge in [-0.25, -0.2) is 8.42 Å². The molecule has 0 amide bonds. The van der Waals surface area contributed by atoms with Gasteiger partial charge in [0.2, 0.25) is 10.0 Å². The van der Waals surface area contributed by atoms with Crippen LogP contribution in [0.4, 0.5) is 0 Å². The normalized spacial score (nSPS) is 16.5. The van der Waals surface area contributed by atoms with Crippen molar-refractivity contribution in [2.45, 2.75) is 4.90 Å². The van der Waals surface area contributed by atoms with Crippen molar-refractivity contribution in [2.24, 2.45) is 5.73 Å². The number of methoxy groups -OCH3 is 1. The molecule has 0 atom stereocenters. The van der Waals surface area contributed by atoms with Gasteiger partial charge in [0.15, 0.2) is 0 Å². The summed E-state index contributed by atoms with van der Waals surface area (Å²) in [5.41, 5.74) is 5.51. The summed E-state index contributed by atoms with van der Waals surface area (Å²) in [5.74, 6) is 0.650. The van der Waals surface area contributed by atoms with Crippen LogP contribution in [0.1, 0.15) is 0 Å². The van der Waals surface area contributed by atoms with Crippen LogP contribution in [0, 0.1) is 0 Å². The van der Waals surface area contributed by atoms with Crippen LogP contribution >= 0.6 is 24.8 Å². The molecule has 0 saturated carbocycles. The fourth-order valence-electron chi connectivity index (χ4n) is 2.27. The summed E-state index contributed by atoms with van der Waals surface area (Å²) in [5, 5.41) is 0. The second-order valence-corrected chi connectivity index (χ2v) is 6.65. The Bertz CT molecular complexity index is 532. The summed E-state index contributed by atoms with van der Waals surface area (Å²) in [6.45, 7) is 3.89. The fourth-order valence-corrected chi connectivity index (χ4v) is 3.70. The summed E-state index contributed by atoms with van der Waals surface area (Å²) >= 11 is 0. The summed E-state index contributed by atoms with van der Waals surface area (Å²) in [4.78, 5) is 2.49. The molecule has 1 aromatic rings. The first-order chi connectivity index (χ1) is 9.57. The molecule has 9 heteroatoms. The lowest BCUT2D eigenvalue weighted by Crippen LogP contribution is -2.49. The first kappa shape index (κ1) is 21.4. The van der Waals surface area contributed by atoms with Gasteiger partial charge in [-0.3, -0.25) is 4.90 Å². The van der Waals surface area contributed by atoms with Gasteiger partial charge in [-0.1, -0.05) is 0 Å². The molecule has 1 aliphatic rings. The van der Waals surface area contributed by atoms with Crippen molar-refractivity contribution in [1.29, 1.82) is 0 Å². The van der Waals surface area contributed by atoms with Crippen molar-refractivity contribution in [1.82, 2.24) is 9.21 Å². The second kappa shape index (κ2) is 9.54. The van der Waals surface area contributed by atoms with Crippen molar-refractivity contribution in [2.75, 3.05) is 46.4 Å². The Balaban J connectivity index is 0.00000220. The number of benzene rings is 1. The van der Waals surface area contributed by atoms with Crippen LogP contribution in [0.5, 0.6) is 5.75 Å². The Labute approximate surface area is 144 Å². The highest BCUT2D eigenvalue weighted by Gasteiger charge is 2.28. The van der Waals surface area contributed by atoms with Crippen molar-refractivity contribution in [3.05, 3.63) is 24.3 Å². The summed E-state index contributed by atoms with van der Waals surface area (Å²) in [6.07, 6.45) is 0. The maximum Gasteiger partial charge on any atom is 0.243 e. The van der Waals surface area contributed by atoms with E-state index in [1.54, 1.807) is 31.4 Å². The van der Waals surface area contributed by atoms with Crippen LogP contribution in [0.15, 0.2) is 29.2 Å². The molecular formula is C13H23Cl2N3O3S. The molecule has 0 unspecified atom stereocenters. The highest BCUT2D eigenvalue weighted by molar-refractivity contribution is 7.89. The van der Waals surface area contributed by atoms with Crippen molar-refractivity contribution in [3.63, 3.8) is 0 Å². The zero-order valence-electron chi connectivity index (χ0n) is 12.5. The Hall–Kier alpha value is -0.570. The number of hydrogen-bond donors (Lipinski definition) is 1. The molecule has 6 nitrogen and oxygen atoms in total. The molecule has 1 fully saturated rings. The second-order valence-electron chi connectivity index (χ2n) is 4.71. The van der Waals surface area contributed by atoms with Crippen LogP contribution < -0.4 is 10.5 Å². The lowest BCUT2D eigenvalue weighted by Gasteiger charge is -2.33. The molecule has 2 rings (SSSR count). The van der Waals surface area contributed by atoms with Crippen LogP contribution in [-0.2, 0) is 10.0 Å². The number of halogens is 2. The van der Waals surface area contributed by atoms with E-state index in [9.17, 15) is 8.42 Å². The molecule has 22 heavy (non-hydrogen) atoms. The molecule has 2 N–H and O–H groups in total. The fraction of sp³-hybridized carbons (Fsp3) is 0.538. The smallest absolute Gasteiger partial charge is 0.243 e. The Morgan fingerprint density at radius 1 is 1.09 bits per heavy atom. The third-order valence-corrected chi connectivity index (χ3v) is 5.39. The third-order valence-electron chi connectivity index (χ3n) is 3.47. The standard InChI is InChI=1S/C13H21N3O3S.2ClH/c1-19-12-2-4-13(5-3-12)20(17,18)16-10-8-15(7-6-14)9-11-16;;/h2-5H,6-11,14H2,1H3;2*1H. The minimum atomic E-state index is -3.41. The molecule has 0 radical (unpaired) electrons. The number of rotatable bonds is 5. The quantitative estimate of drug-likeness (QED) is 0.828. The molecule has 1 heterocycles. The third kappa shape index (κ3) is 4.97. The SMILES string of the molecule is COc1ccc(S(=O)(=O)N2CCN(CCN)CC2)cc1.Cl.Cl. The summed E-state index contributed by atoms with van der Waals surface area (Å²) in [7, 11) is -1.85. The lowest BCUT2D eigenvalue weighted by molar-refractivity contribution is 0.192. The maximum absolute atomic E-state index is 12.5. The molecule has 1 aromatic carbocycles. The predicted molar refractivity (Wildman–Crippen MR) is 91.7 cm³/mol. The van der Waals surface area contributed by atoms with Gasteiger partial charge in [0, 0.05) is 39.3 Å². The van der Waals surface area contributed by atoms with Gasteiger partial charge in [0.25, 0.3) is 0 Å². The molecule has 0 spiro atoms. The maximum atomic E-state index is 12.5. The van der Waals surface area contributed by atoms with E-state index in [1.165, 1.54) is 4.31 Å². The zero-order valence-corrected chi connectivity index (χ0v) is 14.9. The topological polar surface area (TPSA) is 75.9 Å². The van der Waals surface area contributed by atoms with E-state index >= 15 is 0 Å². The van der Waals surface area contributed by atoms with Gasteiger partial charge in [-0.2, -0.15) is 4.31 Å². The lowest BCUT2D eigenvalue weighted by atomic mass is 10.3. The molecule has 1 saturated heterocycles.